The number of nitrogens with two attached hydrogens (primary N) is 1. The molecule has 0 aliphatic carbocycles. The van der Waals surface area contributed by atoms with Crippen LogP contribution in [-0.2, 0) is 9.53 Å². The smallest absolute Gasteiger partial charge is 0.344 e. The van der Waals surface area contributed by atoms with Gasteiger partial charge in [0.1, 0.15) is 10.6 Å². The van der Waals surface area contributed by atoms with Crippen LogP contribution in [0.5, 0.6) is 0 Å². The summed E-state index contributed by atoms with van der Waals surface area (Å²) in [6.07, 6.45) is 0. The van der Waals surface area contributed by atoms with E-state index in [1.165, 1.54) is 0 Å². The lowest BCUT2D eigenvalue weighted by Crippen LogP contribution is -2.35. The van der Waals surface area contributed by atoms with Gasteiger partial charge < -0.3 is 20.7 Å². The second-order valence-electron chi connectivity index (χ2n) is 3.91. The van der Waals surface area contributed by atoms with E-state index in [1.807, 2.05) is 13.8 Å². The van der Waals surface area contributed by atoms with E-state index < -0.39 is 5.97 Å². The zero-order chi connectivity index (χ0) is 15.1. The summed E-state index contributed by atoms with van der Waals surface area (Å²) in [4.78, 5) is 25.4. The Hall–Kier alpha value is -1.83. The molecular formula is C12H20N4O3S. The molecule has 0 fully saturated rings. The minimum absolute atomic E-state index is 0.0446. The quantitative estimate of drug-likeness (QED) is 0.734. The van der Waals surface area contributed by atoms with Gasteiger partial charge in [-0.3, -0.25) is 4.79 Å². The first-order valence-corrected chi connectivity index (χ1v) is 7.26. The molecule has 1 heterocycles. The number of ether oxygens (including phenoxy) is 1. The highest BCUT2D eigenvalue weighted by molar-refractivity contribution is 7.11. The van der Waals surface area contributed by atoms with Crippen LogP contribution in [0.1, 0.15) is 31.1 Å². The Morgan fingerprint density at radius 1 is 1.35 bits per heavy atom. The largest absolute Gasteiger partial charge is 0.462 e. The Bertz CT molecular complexity index is 471. The first-order valence-electron chi connectivity index (χ1n) is 6.48. The molecule has 0 spiro atoms. The maximum atomic E-state index is 11.9. The Labute approximate surface area is 122 Å². The Balaban J connectivity index is 2.74. The zero-order valence-electron chi connectivity index (χ0n) is 11.9. The average molecular weight is 300 g/mol. The molecule has 0 radical (unpaired) electrons. The van der Waals surface area contributed by atoms with Crippen molar-refractivity contribution in [2.45, 2.75) is 20.8 Å². The van der Waals surface area contributed by atoms with Crippen molar-refractivity contribution in [3.05, 3.63) is 5.56 Å². The minimum Gasteiger partial charge on any atom is -0.462 e. The number of aromatic nitrogens is 1. The lowest BCUT2D eigenvalue weighted by Gasteiger charge is -2.18. The second kappa shape index (κ2) is 7.68. The summed E-state index contributed by atoms with van der Waals surface area (Å²) >= 11 is 1.04. The number of rotatable bonds is 7. The summed E-state index contributed by atoms with van der Waals surface area (Å²) in [5, 5.41) is 3.37. The third-order valence-corrected chi connectivity index (χ3v) is 3.53. The third-order valence-electron chi connectivity index (χ3n) is 2.71. The average Bonchev–Trinajstić information content (AvgIpc) is 2.79. The van der Waals surface area contributed by atoms with Gasteiger partial charge >= 0.3 is 5.97 Å². The van der Waals surface area contributed by atoms with Gasteiger partial charge in [-0.05, 0) is 32.3 Å². The normalized spacial score (nSPS) is 10.2. The fraction of sp³-hybridized carbons (Fsp3) is 0.583. The van der Waals surface area contributed by atoms with Crippen molar-refractivity contribution in [3.63, 3.8) is 0 Å². The van der Waals surface area contributed by atoms with Crippen LogP contribution in [-0.4, -0.2) is 47.4 Å². The van der Waals surface area contributed by atoms with Crippen LogP contribution in [0.2, 0.25) is 0 Å². The molecular weight excluding hydrogens is 280 g/mol. The van der Waals surface area contributed by atoms with E-state index in [4.69, 9.17) is 10.5 Å². The monoisotopic (exact) mass is 300 g/mol. The Morgan fingerprint density at radius 3 is 2.55 bits per heavy atom. The molecule has 3 N–H and O–H groups in total. The molecule has 8 heteroatoms. The van der Waals surface area contributed by atoms with Crippen LogP contribution in [0, 0.1) is 0 Å². The molecule has 0 aromatic carbocycles. The van der Waals surface area contributed by atoms with Gasteiger partial charge in [-0.1, -0.05) is 0 Å². The third kappa shape index (κ3) is 3.83. The fourth-order valence-electron chi connectivity index (χ4n) is 1.67. The number of carbonyl (C=O) groups is 2. The molecule has 1 amide bonds. The maximum Gasteiger partial charge on any atom is 0.344 e. The van der Waals surface area contributed by atoms with Crippen molar-refractivity contribution in [3.8, 4) is 0 Å². The highest BCUT2D eigenvalue weighted by Crippen LogP contribution is 2.27. The fourth-order valence-corrected chi connectivity index (χ4v) is 2.36. The Morgan fingerprint density at radius 2 is 2.00 bits per heavy atom. The molecule has 0 bridgehead atoms. The number of nitrogens with zero attached hydrogens (tertiary/aromatic N) is 2. The molecule has 0 unspecified atom stereocenters. The van der Waals surface area contributed by atoms with Gasteiger partial charge in [-0.25, -0.2) is 4.79 Å². The van der Waals surface area contributed by atoms with Crippen LogP contribution in [0.25, 0.3) is 0 Å². The van der Waals surface area contributed by atoms with Gasteiger partial charge in [0.2, 0.25) is 5.91 Å². The van der Waals surface area contributed by atoms with E-state index in [0.29, 0.717) is 18.1 Å². The van der Waals surface area contributed by atoms with E-state index >= 15 is 0 Å². The predicted molar refractivity (Wildman–Crippen MR) is 78.9 cm³/mol. The molecule has 1 aromatic rings. The molecule has 0 atom stereocenters. The number of esters is 1. The minimum atomic E-state index is -0.531. The van der Waals surface area contributed by atoms with Crippen LogP contribution in [0.4, 0.5) is 10.8 Å². The van der Waals surface area contributed by atoms with E-state index in [2.05, 4.69) is 9.69 Å². The summed E-state index contributed by atoms with van der Waals surface area (Å²) in [6, 6.07) is 0. The second-order valence-corrected chi connectivity index (χ2v) is 4.69. The van der Waals surface area contributed by atoms with Crippen LogP contribution < -0.4 is 11.1 Å². The van der Waals surface area contributed by atoms with Gasteiger partial charge in [-0.2, -0.15) is 4.37 Å². The lowest BCUT2D eigenvalue weighted by atomic mass is 10.3. The molecule has 0 saturated carbocycles. The standard InChI is InChI=1S/C12H20N4O3S/c1-4-16(5-2)8(17)7-14-11-9(10(13)15-20-11)12(18)19-6-3/h14H,4-7H2,1-3H3,(H2,13,15). The number of hydrogen-bond donors (Lipinski definition) is 2. The topological polar surface area (TPSA) is 97.5 Å². The predicted octanol–water partition coefficient (Wildman–Crippen LogP) is 1.18. The lowest BCUT2D eigenvalue weighted by molar-refractivity contribution is -0.128. The van der Waals surface area contributed by atoms with Crippen LogP contribution in [0.3, 0.4) is 0 Å². The van der Waals surface area contributed by atoms with Gasteiger partial charge in [-0.15, -0.1) is 0 Å². The number of nitrogen functional groups attached to an aromatic ring is 1. The number of anilines is 2. The highest BCUT2D eigenvalue weighted by Gasteiger charge is 2.21. The molecule has 0 saturated heterocycles. The van der Waals surface area contributed by atoms with E-state index in [-0.39, 0.29) is 30.4 Å². The molecule has 112 valence electrons. The maximum absolute atomic E-state index is 11.9. The molecule has 1 rings (SSSR count). The van der Waals surface area contributed by atoms with Crippen molar-refractivity contribution >= 4 is 34.2 Å². The molecule has 7 nitrogen and oxygen atoms in total. The van der Waals surface area contributed by atoms with Crippen LogP contribution in [0.15, 0.2) is 0 Å². The Kier molecular flexibility index (Phi) is 6.23. The summed E-state index contributed by atoms with van der Waals surface area (Å²) in [6.45, 7) is 7.18. The van der Waals surface area contributed by atoms with E-state index in [9.17, 15) is 9.59 Å². The summed E-state index contributed by atoms with van der Waals surface area (Å²) in [7, 11) is 0. The summed E-state index contributed by atoms with van der Waals surface area (Å²) in [5.74, 6) is -0.459. The van der Waals surface area contributed by atoms with E-state index in [1.54, 1.807) is 11.8 Å². The highest BCUT2D eigenvalue weighted by atomic mass is 32.1. The SMILES string of the molecule is CCOC(=O)c1c(N)nsc1NCC(=O)N(CC)CC. The number of likely N-dealkylation sites (N-methyl/N-ethyl adjacent to an activating group) is 1. The number of amides is 1. The molecule has 1 aromatic heterocycles. The van der Waals surface area contributed by atoms with Gasteiger partial charge in [0.25, 0.3) is 0 Å². The van der Waals surface area contributed by atoms with Crippen LogP contribution >= 0.6 is 11.5 Å². The molecule has 0 aliphatic heterocycles. The van der Waals surface area contributed by atoms with Gasteiger partial charge in [0, 0.05) is 13.1 Å². The first kappa shape index (κ1) is 16.2. The number of hydrogen-bond acceptors (Lipinski definition) is 7. The number of nitrogens with one attached hydrogen (secondary N) is 1. The van der Waals surface area contributed by atoms with Gasteiger partial charge in [0.05, 0.1) is 13.2 Å². The van der Waals surface area contributed by atoms with Crippen molar-refractivity contribution in [2.24, 2.45) is 0 Å². The van der Waals surface area contributed by atoms with Crippen molar-refractivity contribution in [1.82, 2.24) is 9.27 Å². The summed E-state index contributed by atoms with van der Waals surface area (Å²) in [5.41, 5.74) is 5.85. The molecule has 20 heavy (non-hydrogen) atoms. The number of carbonyl (C=O) groups excluding carboxylic acids is 2. The van der Waals surface area contributed by atoms with Crippen molar-refractivity contribution in [1.29, 1.82) is 0 Å². The summed E-state index contributed by atoms with van der Waals surface area (Å²) < 4.78 is 8.83. The van der Waals surface area contributed by atoms with Gasteiger partial charge in [0.15, 0.2) is 5.82 Å². The molecule has 0 aliphatic rings. The van der Waals surface area contributed by atoms with Crippen molar-refractivity contribution < 1.29 is 14.3 Å². The van der Waals surface area contributed by atoms with E-state index in [0.717, 1.165) is 11.5 Å². The zero-order valence-corrected chi connectivity index (χ0v) is 12.7. The first-order chi connectivity index (χ1) is 9.54. The van der Waals surface area contributed by atoms with Crippen molar-refractivity contribution in [2.75, 3.05) is 37.3 Å².